The van der Waals surface area contributed by atoms with Gasteiger partial charge in [0.25, 0.3) is 0 Å². The van der Waals surface area contributed by atoms with E-state index in [1.165, 1.54) is 0 Å². The minimum Gasteiger partial charge on any atom is -0.377 e. The van der Waals surface area contributed by atoms with Crippen LogP contribution in [0.25, 0.3) is 0 Å². The summed E-state index contributed by atoms with van der Waals surface area (Å²) in [6, 6.07) is 0. The molecule has 0 saturated carbocycles. The fourth-order valence-electron chi connectivity index (χ4n) is 1.37. The van der Waals surface area contributed by atoms with Gasteiger partial charge >= 0.3 is 0 Å². The molecule has 0 aliphatic rings. The standard InChI is InChI=1S/C11H16ClN3O2/c1-4-17-7(2)5-13-11-9(6-16)10(12)14-8(3)15-11/h6-7H,4-5H2,1-3H3,(H,13,14,15). The van der Waals surface area contributed by atoms with Crippen molar-refractivity contribution < 1.29 is 9.53 Å². The highest BCUT2D eigenvalue weighted by atomic mass is 35.5. The topological polar surface area (TPSA) is 64.1 Å². The highest BCUT2D eigenvalue weighted by molar-refractivity contribution is 6.32. The maximum Gasteiger partial charge on any atom is 0.156 e. The Labute approximate surface area is 106 Å². The number of aromatic nitrogens is 2. The van der Waals surface area contributed by atoms with Crippen molar-refractivity contribution in [2.75, 3.05) is 18.5 Å². The Morgan fingerprint density at radius 3 is 2.82 bits per heavy atom. The molecule has 6 heteroatoms. The third-order valence-electron chi connectivity index (χ3n) is 2.14. The van der Waals surface area contributed by atoms with E-state index in [1.807, 2.05) is 13.8 Å². The first-order valence-corrected chi connectivity index (χ1v) is 5.81. The average Bonchev–Trinajstić information content (AvgIpc) is 2.26. The fraction of sp³-hybridized carbons (Fsp3) is 0.545. The summed E-state index contributed by atoms with van der Waals surface area (Å²) < 4.78 is 5.37. The van der Waals surface area contributed by atoms with E-state index in [-0.39, 0.29) is 16.8 Å². The second-order valence-electron chi connectivity index (χ2n) is 3.59. The largest absolute Gasteiger partial charge is 0.377 e. The van der Waals surface area contributed by atoms with Gasteiger partial charge in [0, 0.05) is 13.2 Å². The molecule has 1 aromatic heterocycles. The summed E-state index contributed by atoms with van der Waals surface area (Å²) in [7, 11) is 0. The second kappa shape index (κ2) is 6.51. The van der Waals surface area contributed by atoms with Crippen LogP contribution in [-0.4, -0.2) is 35.5 Å². The number of nitrogens with one attached hydrogen (secondary N) is 1. The number of halogens is 1. The minimum atomic E-state index is 0.0357. The molecule has 1 rings (SSSR count). The van der Waals surface area contributed by atoms with E-state index >= 15 is 0 Å². The monoisotopic (exact) mass is 257 g/mol. The molecule has 1 atom stereocenters. The van der Waals surface area contributed by atoms with Gasteiger partial charge in [-0.1, -0.05) is 11.6 Å². The van der Waals surface area contributed by atoms with Gasteiger partial charge in [0.05, 0.1) is 11.7 Å². The molecule has 94 valence electrons. The number of nitrogens with zero attached hydrogens (tertiary/aromatic N) is 2. The van der Waals surface area contributed by atoms with Crippen LogP contribution in [0.4, 0.5) is 5.82 Å². The summed E-state index contributed by atoms with van der Waals surface area (Å²) in [5.41, 5.74) is 0.279. The molecule has 1 heterocycles. The molecule has 1 N–H and O–H groups in total. The summed E-state index contributed by atoms with van der Waals surface area (Å²) in [5.74, 6) is 0.969. The molecule has 0 saturated heterocycles. The summed E-state index contributed by atoms with van der Waals surface area (Å²) in [4.78, 5) is 19.0. The second-order valence-corrected chi connectivity index (χ2v) is 3.95. The van der Waals surface area contributed by atoms with Crippen LogP contribution in [0.5, 0.6) is 0 Å². The normalized spacial score (nSPS) is 12.2. The summed E-state index contributed by atoms with van der Waals surface area (Å²) >= 11 is 5.86. The van der Waals surface area contributed by atoms with Gasteiger partial charge in [0.2, 0.25) is 0 Å². The van der Waals surface area contributed by atoms with Crippen LogP contribution < -0.4 is 5.32 Å². The zero-order valence-electron chi connectivity index (χ0n) is 10.2. The van der Waals surface area contributed by atoms with Crippen LogP contribution in [-0.2, 0) is 4.74 Å². The maximum absolute atomic E-state index is 10.9. The highest BCUT2D eigenvalue weighted by Crippen LogP contribution is 2.18. The van der Waals surface area contributed by atoms with Gasteiger partial charge in [0.1, 0.15) is 16.8 Å². The summed E-state index contributed by atoms with van der Waals surface area (Å²) in [5, 5.41) is 3.20. The zero-order valence-corrected chi connectivity index (χ0v) is 10.9. The number of rotatable bonds is 6. The van der Waals surface area contributed by atoms with Crippen molar-refractivity contribution in [2.45, 2.75) is 26.9 Å². The SMILES string of the molecule is CCOC(C)CNc1nc(C)nc(Cl)c1C=O. The van der Waals surface area contributed by atoms with Gasteiger partial charge in [-0.05, 0) is 20.8 Å². The smallest absolute Gasteiger partial charge is 0.156 e. The van der Waals surface area contributed by atoms with Gasteiger partial charge in [-0.15, -0.1) is 0 Å². The average molecular weight is 258 g/mol. The van der Waals surface area contributed by atoms with E-state index in [4.69, 9.17) is 16.3 Å². The predicted octanol–water partition coefficient (Wildman–Crippen LogP) is 2.09. The maximum atomic E-state index is 10.9. The highest BCUT2D eigenvalue weighted by Gasteiger charge is 2.11. The Hall–Kier alpha value is -1.20. The molecular formula is C11H16ClN3O2. The van der Waals surface area contributed by atoms with Crippen molar-refractivity contribution in [3.63, 3.8) is 0 Å². The Bertz CT molecular complexity index is 399. The predicted molar refractivity (Wildman–Crippen MR) is 66.7 cm³/mol. The lowest BCUT2D eigenvalue weighted by molar-refractivity contribution is 0.0854. The van der Waals surface area contributed by atoms with Gasteiger partial charge in [-0.3, -0.25) is 4.79 Å². The van der Waals surface area contributed by atoms with Gasteiger partial charge in [0.15, 0.2) is 6.29 Å². The molecule has 1 aromatic rings. The van der Waals surface area contributed by atoms with Crippen LogP contribution in [0.1, 0.15) is 30.0 Å². The van der Waals surface area contributed by atoms with Crippen molar-refractivity contribution in [1.29, 1.82) is 0 Å². The van der Waals surface area contributed by atoms with Crippen LogP contribution >= 0.6 is 11.6 Å². The lowest BCUT2D eigenvalue weighted by atomic mass is 10.3. The number of carbonyl (C=O) groups excluding carboxylic acids is 1. The lowest BCUT2D eigenvalue weighted by Gasteiger charge is -2.14. The Morgan fingerprint density at radius 1 is 1.53 bits per heavy atom. The van der Waals surface area contributed by atoms with Crippen LogP contribution in [0.3, 0.4) is 0 Å². The quantitative estimate of drug-likeness (QED) is 0.624. The molecule has 1 unspecified atom stereocenters. The fourth-order valence-corrected chi connectivity index (χ4v) is 1.63. The van der Waals surface area contributed by atoms with Gasteiger partial charge in [-0.2, -0.15) is 0 Å². The van der Waals surface area contributed by atoms with E-state index in [9.17, 15) is 4.79 Å². The zero-order chi connectivity index (χ0) is 12.8. The Kier molecular flexibility index (Phi) is 5.31. The number of aryl methyl sites for hydroxylation is 1. The van der Waals surface area contributed by atoms with Crippen molar-refractivity contribution in [3.05, 3.63) is 16.5 Å². The first-order valence-electron chi connectivity index (χ1n) is 5.43. The van der Waals surface area contributed by atoms with E-state index in [0.29, 0.717) is 31.1 Å². The van der Waals surface area contributed by atoms with E-state index in [2.05, 4.69) is 15.3 Å². The molecule has 0 aliphatic heterocycles. The third-order valence-corrected chi connectivity index (χ3v) is 2.43. The number of anilines is 1. The Morgan fingerprint density at radius 2 is 2.24 bits per heavy atom. The molecular weight excluding hydrogens is 242 g/mol. The number of aldehydes is 1. The molecule has 0 spiro atoms. The van der Waals surface area contributed by atoms with Crippen LogP contribution in [0.2, 0.25) is 5.15 Å². The van der Waals surface area contributed by atoms with Crippen molar-refractivity contribution in [1.82, 2.24) is 9.97 Å². The minimum absolute atomic E-state index is 0.0357. The molecule has 0 aromatic carbocycles. The molecule has 0 amide bonds. The summed E-state index contributed by atoms with van der Waals surface area (Å²) in [6.07, 6.45) is 0.684. The number of hydrogen-bond acceptors (Lipinski definition) is 5. The molecule has 17 heavy (non-hydrogen) atoms. The van der Waals surface area contributed by atoms with Crippen molar-refractivity contribution in [2.24, 2.45) is 0 Å². The van der Waals surface area contributed by atoms with Crippen LogP contribution in [0.15, 0.2) is 0 Å². The summed E-state index contributed by atoms with van der Waals surface area (Å²) in [6.45, 7) is 6.79. The molecule has 0 bridgehead atoms. The number of hydrogen-bond donors (Lipinski definition) is 1. The third kappa shape index (κ3) is 3.94. The van der Waals surface area contributed by atoms with Gasteiger partial charge in [-0.25, -0.2) is 9.97 Å². The van der Waals surface area contributed by atoms with Gasteiger partial charge < -0.3 is 10.1 Å². The first kappa shape index (κ1) is 13.9. The van der Waals surface area contributed by atoms with Crippen molar-refractivity contribution in [3.8, 4) is 0 Å². The van der Waals surface area contributed by atoms with E-state index in [1.54, 1.807) is 6.92 Å². The molecule has 0 radical (unpaired) electrons. The molecule has 5 nitrogen and oxygen atoms in total. The van der Waals surface area contributed by atoms with E-state index in [0.717, 1.165) is 0 Å². The molecule has 0 aliphatic carbocycles. The van der Waals surface area contributed by atoms with E-state index < -0.39 is 0 Å². The lowest BCUT2D eigenvalue weighted by Crippen LogP contribution is -2.21. The van der Waals surface area contributed by atoms with Crippen LogP contribution in [0, 0.1) is 6.92 Å². The number of ether oxygens (including phenoxy) is 1. The van der Waals surface area contributed by atoms with Crippen molar-refractivity contribution >= 4 is 23.7 Å². The Balaban J connectivity index is 2.79. The number of carbonyl (C=O) groups is 1. The first-order chi connectivity index (χ1) is 8.08. The molecule has 0 fully saturated rings.